The van der Waals surface area contributed by atoms with Crippen molar-refractivity contribution in [3.63, 3.8) is 0 Å². The van der Waals surface area contributed by atoms with Crippen LogP contribution in [0.2, 0.25) is 10.0 Å². The molecule has 0 saturated heterocycles. The summed E-state index contributed by atoms with van der Waals surface area (Å²) in [5.74, 6) is -0.379. The highest BCUT2D eigenvalue weighted by atomic mass is 35.5. The highest BCUT2D eigenvalue weighted by Crippen LogP contribution is 2.31. The molecule has 1 atom stereocenters. The molecule has 0 fully saturated rings. The van der Waals surface area contributed by atoms with E-state index in [1.807, 2.05) is 50.2 Å². The number of carbonyl (C=O) groups is 2. The van der Waals surface area contributed by atoms with Gasteiger partial charge in [-0.2, -0.15) is 0 Å². The number of nitrogens with one attached hydrogen (secondary N) is 1. The molecular formula is C34H35Cl2N3O5S. The Kier molecular flexibility index (Phi) is 11.5. The van der Waals surface area contributed by atoms with Gasteiger partial charge in [-0.05, 0) is 67.4 Å². The van der Waals surface area contributed by atoms with Crippen molar-refractivity contribution in [3.05, 3.63) is 124 Å². The lowest BCUT2D eigenvalue weighted by atomic mass is 10.0. The molecule has 2 amide bonds. The van der Waals surface area contributed by atoms with E-state index >= 15 is 0 Å². The van der Waals surface area contributed by atoms with Crippen LogP contribution in [0.3, 0.4) is 0 Å². The van der Waals surface area contributed by atoms with Crippen molar-refractivity contribution in [2.45, 2.75) is 43.8 Å². The lowest BCUT2D eigenvalue weighted by Gasteiger charge is -2.34. The van der Waals surface area contributed by atoms with Crippen LogP contribution in [0.25, 0.3) is 0 Å². The molecule has 0 aliphatic carbocycles. The summed E-state index contributed by atoms with van der Waals surface area (Å²) >= 11 is 12.5. The average molecular weight is 669 g/mol. The van der Waals surface area contributed by atoms with Gasteiger partial charge in [-0.15, -0.1) is 0 Å². The molecule has 45 heavy (non-hydrogen) atoms. The Morgan fingerprint density at radius 2 is 1.47 bits per heavy atom. The van der Waals surface area contributed by atoms with E-state index in [4.69, 9.17) is 27.9 Å². The lowest BCUT2D eigenvalue weighted by Crippen LogP contribution is -2.54. The summed E-state index contributed by atoms with van der Waals surface area (Å²) < 4.78 is 34.5. The van der Waals surface area contributed by atoms with Crippen molar-refractivity contribution in [1.82, 2.24) is 10.2 Å². The first-order chi connectivity index (χ1) is 21.5. The Bertz CT molecular complexity index is 1720. The van der Waals surface area contributed by atoms with E-state index in [1.54, 1.807) is 43.5 Å². The number of anilines is 1. The molecule has 4 aromatic rings. The Morgan fingerprint density at radius 1 is 0.822 bits per heavy atom. The van der Waals surface area contributed by atoms with Gasteiger partial charge in [-0.3, -0.25) is 13.9 Å². The second kappa shape index (κ2) is 15.3. The van der Waals surface area contributed by atoms with Gasteiger partial charge in [0, 0.05) is 19.0 Å². The van der Waals surface area contributed by atoms with Gasteiger partial charge in [-0.25, -0.2) is 8.42 Å². The Hall–Kier alpha value is -4.05. The zero-order chi connectivity index (χ0) is 32.6. The molecule has 4 aromatic carbocycles. The lowest BCUT2D eigenvalue weighted by molar-refractivity contribution is -0.140. The third-order valence-electron chi connectivity index (χ3n) is 6.99. The van der Waals surface area contributed by atoms with E-state index in [0.717, 1.165) is 9.87 Å². The molecule has 236 valence electrons. The second-order valence-corrected chi connectivity index (χ2v) is 13.3. The minimum atomic E-state index is -4.26. The van der Waals surface area contributed by atoms with Crippen molar-refractivity contribution < 1.29 is 22.7 Å². The number of hydrogen-bond donors (Lipinski definition) is 1. The first kappa shape index (κ1) is 33.8. The fourth-order valence-electron chi connectivity index (χ4n) is 4.79. The fourth-order valence-corrected chi connectivity index (χ4v) is 6.51. The summed E-state index contributed by atoms with van der Waals surface area (Å²) in [6.45, 7) is 3.08. The highest BCUT2D eigenvalue weighted by Gasteiger charge is 2.35. The predicted molar refractivity (Wildman–Crippen MR) is 178 cm³/mol. The summed E-state index contributed by atoms with van der Waals surface area (Å²) in [7, 11) is -2.71. The van der Waals surface area contributed by atoms with Gasteiger partial charge in [-0.1, -0.05) is 83.9 Å². The number of sulfonamides is 1. The number of carbonyl (C=O) groups excluding carboxylic acids is 2. The normalized spacial score (nSPS) is 12.0. The number of rotatable bonds is 13. The zero-order valence-corrected chi connectivity index (χ0v) is 27.5. The monoisotopic (exact) mass is 667 g/mol. The number of methoxy groups -OCH3 is 1. The third kappa shape index (κ3) is 8.78. The number of ether oxygens (including phenoxy) is 1. The third-order valence-corrected chi connectivity index (χ3v) is 9.52. The maximum Gasteiger partial charge on any atom is 0.264 e. The number of nitrogens with zero attached hydrogens (tertiary/aromatic N) is 2. The summed E-state index contributed by atoms with van der Waals surface area (Å²) in [6, 6.07) is 27.5. The van der Waals surface area contributed by atoms with Crippen LogP contribution in [0.15, 0.2) is 108 Å². The fraction of sp³-hybridized carbons (Fsp3) is 0.235. The maximum absolute atomic E-state index is 14.5. The first-order valence-electron chi connectivity index (χ1n) is 14.3. The van der Waals surface area contributed by atoms with E-state index in [0.29, 0.717) is 11.3 Å². The molecule has 11 heteroatoms. The first-order valence-corrected chi connectivity index (χ1v) is 16.5. The maximum atomic E-state index is 14.5. The topological polar surface area (TPSA) is 96.0 Å². The Morgan fingerprint density at radius 3 is 2.09 bits per heavy atom. The van der Waals surface area contributed by atoms with Gasteiger partial charge in [0.15, 0.2) is 0 Å². The van der Waals surface area contributed by atoms with Crippen LogP contribution in [0.5, 0.6) is 5.75 Å². The van der Waals surface area contributed by atoms with E-state index in [1.165, 1.54) is 35.2 Å². The van der Waals surface area contributed by atoms with Crippen LogP contribution < -0.4 is 14.4 Å². The van der Waals surface area contributed by atoms with Gasteiger partial charge in [0.05, 0.1) is 27.7 Å². The van der Waals surface area contributed by atoms with Gasteiger partial charge < -0.3 is 15.0 Å². The van der Waals surface area contributed by atoms with E-state index in [9.17, 15) is 18.0 Å². The van der Waals surface area contributed by atoms with Crippen molar-refractivity contribution in [2.75, 3.05) is 18.0 Å². The Balaban J connectivity index is 1.82. The molecule has 0 bridgehead atoms. The highest BCUT2D eigenvalue weighted by molar-refractivity contribution is 7.92. The number of benzene rings is 4. The van der Waals surface area contributed by atoms with Crippen LogP contribution in [0.4, 0.5) is 5.69 Å². The van der Waals surface area contributed by atoms with E-state index in [2.05, 4.69) is 5.32 Å². The number of hydrogen-bond acceptors (Lipinski definition) is 5. The molecule has 0 spiro atoms. The van der Waals surface area contributed by atoms with Gasteiger partial charge in [0.25, 0.3) is 10.0 Å². The van der Waals surface area contributed by atoms with Crippen molar-refractivity contribution >= 4 is 50.7 Å². The van der Waals surface area contributed by atoms with Crippen LogP contribution >= 0.6 is 23.2 Å². The molecule has 0 radical (unpaired) electrons. The van der Waals surface area contributed by atoms with Gasteiger partial charge >= 0.3 is 0 Å². The quantitative estimate of drug-likeness (QED) is 0.179. The zero-order valence-electron chi connectivity index (χ0n) is 25.2. The largest absolute Gasteiger partial charge is 0.497 e. The molecule has 0 aliphatic rings. The molecule has 4 rings (SSSR count). The molecule has 0 aromatic heterocycles. The summed E-state index contributed by atoms with van der Waals surface area (Å²) in [6.07, 6.45) is 0.202. The van der Waals surface area contributed by atoms with E-state index < -0.39 is 28.5 Å². The van der Waals surface area contributed by atoms with E-state index in [-0.39, 0.29) is 45.5 Å². The Labute approximate surface area is 274 Å². The SMILES string of the molecule is COc1cccc(CN(C(=O)CN(c2ccc(Cl)c(Cl)c2)S(=O)(=O)c2ccccc2)[C@H](Cc2ccccc2)C(=O)NC(C)C)c1. The second-order valence-electron chi connectivity index (χ2n) is 10.7. The summed E-state index contributed by atoms with van der Waals surface area (Å²) in [5, 5.41) is 3.30. The van der Waals surface area contributed by atoms with Gasteiger partial charge in [0.2, 0.25) is 11.8 Å². The molecule has 0 unspecified atom stereocenters. The predicted octanol–water partition coefficient (Wildman–Crippen LogP) is 6.36. The molecule has 8 nitrogen and oxygen atoms in total. The molecule has 1 N–H and O–H groups in total. The summed E-state index contributed by atoms with van der Waals surface area (Å²) in [5.41, 5.74) is 1.68. The minimum Gasteiger partial charge on any atom is -0.497 e. The van der Waals surface area contributed by atoms with Crippen molar-refractivity contribution in [2.24, 2.45) is 0 Å². The number of halogens is 2. The number of amides is 2. The molecule has 0 saturated carbocycles. The minimum absolute atomic E-state index is 0.0124. The molecular weight excluding hydrogens is 633 g/mol. The van der Waals surface area contributed by atoms with Crippen LogP contribution in [0, 0.1) is 0 Å². The van der Waals surface area contributed by atoms with Crippen LogP contribution in [-0.4, -0.2) is 50.9 Å². The summed E-state index contributed by atoms with van der Waals surface area (Å²) in [4.78, 5) is 29.7. The smallest absolute Gasteiger partial charge is 0.264 e. The van der Waals surface area contributed by atoms with Crippen molar-refractivity contribution in [1.29, 1.82) is 0 Å². The van der Waals surface area contributed by atoms with Crippen LogP contribution in [0.1, 0.15) is 25.0 Å². The molecule has 0 heterocycles. The van der Waals surface area contributed by atoms with Gasteiger partial charge in [0.1, 0.15) is 18.3 Å². The van der Waals surface area contributed by atoms with Crippen LogP contribution in [-0.2, 0) is 32.6 Å². The standard InChI is InChI=1S/C34H35Cl2N3O5S/c1-24(2)37-34(41)32(20-25-11-6-4-7-12-25)38(22-26-13-10-14-28(19-26)44-3)33(40)23-39(27-17-18-30(35)31(36)21-27)45(42,43)29-15-8-5-9-16-29/h4-19,21,24,32H,20,22-23H2,1-3H3,(H,37,41)/t32-/m1/s1. The van der Waals surface area contributed by atoms with Crippen molar-refractivity contribution in [3.8, 4) is 5.75 Å². The molecule has 0 aliphatic heterocycles. The average Bonchev–Trinajstić information content (AvgIpc) is 3.03.